The third kappa shape index (κ3) is 3.48. The number of anilines is 1. The fourth-order valence-electron chi connectivity index (χ4n) is 2.95. The van der Waals surface area contributed by atoms with Crippen LogP contribution in [0.5, 0.6) is 11.5 Å². The first-order valence-electron chi connectivity index (χ1n) is 8.81. The highest BCUT2D eigenvalue weighted by molar-refractivity contribution is 8.04. The molecule has 2 heterocycles. The predicted octanol–water partition coefficient (Wildman–Crippen LogP) is 5.58. The molecule has 0 unspecified atom stereocenters. The zero-order valence-corrected chi connectivity index (χ0v) is 16.8. The molecule has 2 aromatic carbocycles. The number of benzene rings is 2. The molecular weight excluding hydrogens is 390 g/mol. The van der Waals surface area contributed by atoms with Crippen molar-refractivity contribution >= 4 is 46.2 Å². The van der Waals surface area contributed by atoms with Gasteiger partial charge in [0.05, 0.1) is 16.2 Å². The molecule has 140 valence electrons. The summed E-state index contributed by atoms with van der Waals surface area (Å²) in [6, 6.07) is 20.2. The van der Waals surface area contributed by atoms with E-state index in [1.54, 1.807) is 24.3 Å². The molecule has 4 rings (SSSR count). The van der Waals surface area contributed by atoms with Crippen LogP contribution in [0.2, 0.25) is 0 Å². The van der Waals surface area contributed by atoms with Gasteiger partial charge in [-0.15, -0.1) is 23.1 Å². The Morgan fingerprint density at radius 3 is 2.25 bits per heavy atom. The maximum Gasteiger partial charge on any atom is 0.272 e. The highest BCUT2D eigenvalue weighted by Gasteiger charge is 2.40. The van der Waals surface area contributed by atoms with E-state index in [0.29, 0.717) is 21.9 Å². The van der Waals surface area contributed by atoms with Gasteiger partial charge in [-0.25, -0.2) is 4.90 Å². The van der Waals surface area contributed by atoms with Crippen LogP contribution >= 0.6 is 23.1 Å². The Kier molecular flexibility index (Phi) is 5.32. The second-order valence-corrected chi connectivity index (χ2v) is 8.19. The monoisotopic (exact) mass is 407 g/mol. The molecule has 0 aliphatic carbocycles. The molecule has 0 atom stereocenters. The van der Waals surface area contributed by atoms with Crippen LogP contribution in [0.3, 0.4) is 0 Å². The fraction of sp³-hybridized carbons (Fsp3) is 0.0909. The Bertz CT molecular complexity index is 1030. The Balaban J connectivity index is 1.61. The highest BCUT2D eigenvalue weighted by Crippen LogP contribution is 2.40. The summed E-state index contributed by atoms with van der Waals surface area (Å²) in [5, 5.41) is 1.91. The zero-order valence-electron chi connectivity index (χ0n) is 15.1. The lowest BCUT2D eigenvalue weighted by Crippen LogP contribution is -2.31. The average Bonchev–Trinajstić information content (AvgIpc) is 3.31. The molecule has 0 radical (unpaired) electrons. The Morgan fingerprint density at radius 1 is 0.893 bits per heavy atom. The van der Waals surface area contributed by atoms with Gasteiger partial charge in [-0.1, -0.05) is 31.2 Å². The second-order valence-electron chi connectivity index (χ2n) is 5.97. The van der Waals surface area contributed by atoms with Crippen molar-refractivity contribution in [3.63, 3.8) is 0 Å². The van der Waals surface area contributed by atoms with Crippen molar-refractivity contribution in [1.29, 1.82) is 0 Å². The molecule has 0 saturated heterocycles. The maximum atomic E-state index is 13.1. The van der Waals surface area contributed by atoms with Crippen LogP contribution in [0.15, 0.2) is 77.0 Å². The molecule has 1 aliphatic rings. The van der Waals surface area contributed by atoms with E-state index in [-0.39, 0.29) is 11.8 Å². The van der Waals surface area contributed by atoms with Crippen molar-refractivity contribution in [2.75, 3.05) is 10.7 Å². The molecule has 1 aliphatic heterocycles. The van der Waals surface area contributed by atoms with Crippen LogP contribution in [-0.2, 0) is 9.59 Å². The number of carbonyl (C=O) groups excluding carboxylic acids is 2. The quantitative estimate of drug-likeness (QED) is 0.501. The van der Waals surface area contributed by atoms with E-state index in [2.05, 4.69) is 0 Å². The van der Waals surface area contributed by atoms with Gasteiger partial charge in [0, 0.05) is 4.88 Å². The number of thiophene rings is 1. The van der Waals surface area contributed by atoms with Crippen LogP contribution in [0.25, 0.3) is 5.57 Å². The minimum absolute atomic E-state index is 0.267. The normalized spacial score (nSPS) is 14.1. The minimum Gasteiger partial charge on any atom is -0.457 e. The number of nitrogens with zero attached hydrogens (tertiary/aromatic N) is 1. The van der Waals surface area contributed by atoms with Crippen LogP contribution in [0.4, 0.5) is 5.69 Å². The standard InChI is InChI=1S/C22H17NO3S2/c1-2-27-20-19(18-9-6-14-28-18)21(24)23(22(20)25)15-10-12-17(13-11-15)26-16-7-4-3-5-8-16/h3-14H,2H2,1H3. The Labute approximate surface area is 171 Å². The van der Waals surface area contributed by atoms with Gasteiger partial charge in [-0.05, 0) is 53.6 Å². The molecule has 28 heavy (non-hydrogen) atoms. The van der Waals surface area contributed by atoms with E-state index in [4.69, 9.17) is 4.74 Å². The van der Waals surface area contributed by atoms with Crippen LogP contribution in [-0.4, -0.2) is 17.6 Å². The maximum absolute atomic E-state index is 13.1. The van der Waals surface area contributed by atoms with Crippen molar-refractivity contribution in [2.45, 2.75) is 6.92 Å². The highest BCUT2D eigenvalue weighted by atomic mass is 32.2. The average molecular weight is 408 g/mol. The number of hydrogen-bond acceptors (Lipinski definition) is 5. The van der Waals surface area contributed by atoms with E-state index >= 15 is 0 Å². The van der Waals surface area contributed by atoms with E-state index in [0.717, 1.165) is 16.4 Å². The summed E-state index contributed by atoms with van der Waals surface area (Å²) in [6.07, 6.45) is 0. The SMILES string of the molecule is CCSC1=C(c2cccs2)C(=O)N(c2ccc(Oc3ccccc3)cc2)C1=O. The van der Waals surface area contributed by atoms with E-state index in [9.17, 15) is 9.59 Å². The Morgan fingerprint density at radius 2 is 1.61 bits per heavy atom. The van der Waals surface area contributed by atoms with Crippen molar-refractivity contribution in [1.82, 2.24) is 0 Å². The molecule has 0 saturated carbocycles. The predicted molar refractivity (Wildman–Crippen MR) is 115 cm³/mol. The third-order valence-corrected chi connectivity index (χ3v) is 6.01. The van der Waals surface area contributed by atoms with Gasteiger partial charge >= 0.3 is 0 Å². The molecule has 2 amide bonds. The number of imide groups is 1. The summed E-state index contributed by atoms with van der Waals surface area (Å²) < 4.78 is 5.79. The molecule has 0 fully saturated rings. The summed E-state index contributed by atoms with van der Waals surface area (Å²) in [7, 11) is 0. The van der Waals surface area contributed by atoms with Crippen molar-refractivity contribution in [3.05, 3.63) is 81.9 Å². The summed E-state index contributed by atoms with van der Waals surface area (Å²) in [5.41, 5.74) is 1.03. The molecule has 3 aromatic rings. The number of thioether (sulfide) groups is 1. The largest absolute Gasteiger partial charge is 0.457 e. The van der Waals surface area contributed by atoms with Gasteiger partial charge in [-0.3, -0.25) is 9.59 Å². The van der Waals surface area contributed by atoms with Gasteiger partial charge in [0.1, 0.15) is 11.5 Å². The number of para-hydroxylation sites is 1. The number of amides is 2. The summed E-state index contributed by atoms with van der Waals surface area (Å²) in [5.74, 6) is 1.55. The van der Waals surface area contributed by atoms with Gasteiger partial charge in [0.2, 0.25) is 0 Å². The summed E-state index contributed by atoms with van der Waals surface area (Å²) in [4.78, 5) is 28.7. The van der Waals surface area contributed by atoms with Crippen LogP contribution in [0, 0.1) is 0 Å². The third-order valence-electron chi connectivity index (χ3n) is 4.17. The topological polar surface area (TPSA) is 46.6 Å². The zero-order chi connectivity index (χ0) is 19.5. The van der Waals surface area contributed by atoms with Crippen molar-refractivity contribution in [2.24, 2.45) is 0 Å². The smallest absolute Gasteiger partial charge is 0.272 e. The Hall–Kier alpha value is -2.83. The molecule has 4 nitrogen and oxygen atoms in total. The molecule has 0 N–H and O–H groups in total. The molecule has 0 bridgehead atoms. The summed E-state index contributed by atoms with van der Waals surface area (Å²) >= 11 is 2.88. The number of ether oxygens (including phenoxy) is 1. The first-order valence-corrected chi connectivity index (χ1v) is 10.7. The lowest BCUT2D eigenvalue weighted by molar-refractivity contribution is -0.119. The van der Waals surface area contributed by atoms with Crippen molar-refractivity contribution in [3.8, 4) is 11.5 Å². The van der Waals surface area contributed by atoms with Crippen LogP contribution in [0.1, 0.15) is 11.8 Å². The number of carbonyl (C=O) groups is 2. The van der Waals surface area contributed by atoms with E-state index in [1.807, 2.05) is 54.8 Å². The molecule has 6 heteroatoms. The van der Waals surface area contributed by atoms with Gasteiger partial charge in [0.25, 0.3) is 11.8 Å². The van der Waals surface area contributed by atoms with Gasteiger partial charge < -0.3 is 4.74 Å². The summed E-state index contributed by atoms with van der Waals surface area (Å²) in [6.45, 7) is 1.97. The first-order chi connectivity index (χ1) is 13.7. The number of hydrogen-bond donors (Lipinski definition) is 0. The molecule has 0 spiro atoms. The molecular formula is C22H17NO3S2. The van der Waals surface area contributed by atoms with E-state index in [1.165, 1.54) is 28.0 Å². The lowest BCUT2D eigenvalue weighted by Gasteiger charge is -2.15. The number of rotatable bonds is 6. The van der Waals surface area contributed by atoms with Crippen LogP contribution < -0.4 is 9.64 Å². The molecule has 1 aromatic heterocycles. The lowest BCUT2D eigenvalue weighted by atomic mass is 10.2. The van der Waals surface area contributed by atoms with E-state index < -0.39 is 0 Å². The van der Waals surface area contributed by atoms with Crippen molar-refractivity contribution < 1.29 is 14.3 Å². The second kappa shape index (κ2) is 8.04. The van der Waals surface area contributed by atoms with Gasteiger partial charge in [0.15, 0.2) is 0 Å². The van der Waals surface area contributed by atoms with Gasteiger partial charge in [-0.2, -0.15) is 0 Å². The minimum atomic E-state index is -0.278. The first kappa shape index (κ1) is 18.5. The fourth-order valence-corrected chi connectivity index (χ4v) is 4.63.